The molecule has 5 heteroatoms. The number of nitrogens with zero attached hydrogens (tertiary/aromatic N) is 2. The Labute approximate surface area is 141 Å². The quantitative estimate of drug-likeness (QED) is 0.928. The summed E-state index contributed by atoms with van der Waals surface area (Å²) in [6.07, 6.45) is 3.60. The smallest absolute Gasteiger partial charge is 0.227 e. The van der Waals surface area contributed by atoms with E-state index in [9.17, 15) is 4.79 Å². The van der Waals surface area contributed by atoms with Gasteiger partial charge in [0.25, 0.3) is 0 Å². The van der Waals surface area contributed by atoms with E-state index in [2.05, 4.69) is 48.1 Å². The normalized spacial score (nSPS) is 15.7. The Bertz CT molecular complexity index is 665. The molecule has 1 aromatic heterocycles. The first-order valence-corrected chi connectivity index (χ1v) is 8.95. The molecule has 4 nitrogen and oxygen atoms in total. The second-order valence-electron chi connectivity index (χ2n) is 6.34. The van der Waals surface area contributed by atoms with Crippen molar-refractivity contribution in [3.05, 3.63) is 40.4 Å². The van der Waals surface area contributed by atoms with Gasteiger partial charge in [0.05, 0.1) is 0 Å². The number of piperidine rings is 1. The molecule has 1 aromatic carbocycles. The fourth-order valence-corrected chi connectivity index (χ4v) is 4.00. The van der Waals surface area contributed by atoms with Crippen molar-refractivity contribution in [2.75, 3.05) is 23.3 Å². The highest BCUT2D eigenvalue weighted by atomic mass is 32.1. The summed E-state index contributed by atoms with van der Waals surface area (Å²) in [7, 11) is 0. The van der Waals surface area contributed by atoms with E-state index in [0.717, 1.165) is 47.9 Å². The van der Waals surface area contributed by atoms with Gasteiger partial charge < -0.3 is 10.2 Å². The number of amides is 1. The van der Waals surface area contributed by atoms with Gasteiger partial charge >= 0.3 is 0 Å². The van der Waals surface area contributed by atoms with E-state index in [-0.39, 0.29) is 11.8 Å². The van der Waals surface area contributed by atoms with Crippen LogP contribution >= 0.6 is 11.3 Å². The van der Waals surface area contributed by atoms with Gasteiger partial charge in [-0.3, -0.25) is 4.79 Å². The van der Waals surface area contributed by atoms with E-state index >= 15 is 0 Å². The molecule has 1 saturated heterocycles. The van der Waals surface area contributed by atoms with Crippen molar-refractivity contribution in [1.82, 2.24) is 4.98 Å². The van der Waals surface area contributed by atoms with Gasteiger partial charge in [-0.15, -0.1) is 11.3 Å². The van der Waals surface area contributed by atoms with Gasteiger partial charge in [0.2, 0.25) is 5.91 Å². The Morgan fingerprint density at radius 3 is 2.43 bits per heavy atom. The molecule has 2 aromatic rings. The fourth-order valence-electron chi connectivity index (χ4n) is 3.31. The molecule has 0 bridgehead atoms. The van der Waals surface area contributed by atoms with E-state index in [1.165, 1.54) is 5.56 Å². The highest BCUT2D eigenvalue weighted by Gasteiger charge is 2.26. The number of aryl methyl sites for hydroxylation is 3. The molecule has 0 aliphatic carbocycles. The Kier molecular flexibility index (Phi) is 4.66. The summed E-state index contributed by atoms with van der Waals surface area (Å²) < 4.78 is 0. The van der Waals surface area contributed by atoms with Crippen LogP contribution in [0.2, 0.25) is 0 Å². The maximum Gasteiger partial charge on any atom is 0.227 e. The van der Waals surface area contributed by atoms with Gasteiger partial charge in [-0.05, 0) is 44.7 Å². The largest absolute Gasteiger partial charge is 0.348 e. The molecule has 1 fully saturated rings. The molecule has 3 rings (SSSR count). The second-order valence-corrected chi connectivity index (χ2v) is 7.21. The van der Waals surface area contributed by atoms with Crippen LogP contribution in [-0.2, 0) is 4.79 Å². The van der Waals surface area contributed by atoms with Crippen LogP contribution in [0, 0.1) is 26.7 Å². The molecule has 0 unspecified atom stereocenters. The lowest BCUT2D eigenvalue weighted by atomic mass is 9.95. The molecule has 1 N–H and O–H groups in total. The van der Waals surface area contributed by atoms with Crippen molar-refractivity contribution in [1.29, 1.82) is 0 Å². The minimum Gasteiger partial charge on any atom is -0.348 e. The van der Waals surface area contributed by atoms with Gasteiger partial charge in [-0.25, -0.2) is 4.98 Å². The molecule has 1 aliphatic heterocycles. The van der Waals surface area contributed by atoms with E-state index in [1.807, 2.05) is 11.6 Å². The van der Waals surface area contributed by atoms with E-state index in [4.69, 9.17) is 0 Å². The van der Waals surface area contributed by atoms with Crippen molar-refractivity contribution in [3.8, 4) is 0 Å². The van der Waals surface area contributed by atoms with Crippen molar-refractivity contribution in [2.45, 2.75) is 33.6 Å². The lowest BCUT2D eigenvalue weighted by Crippen LogP contribution is -2.38. The third-order valence-corrected chi connectivity index (χ3v) is 5.31. The number of nitrogens with one attached hydrogen (secondary N) is 1. The first kappa shape index (κ1) is 16.0. The summed E-state index contributed by atoms with van der Waals surface area (Å²) in [5.41, 5.74) is 4.48. The van der Waals surface area contributed by atoms with Gasteiger partial charge in [0, 0.05) is 36.3 Å². The molecule has 122 valence electrons. The summed E-state index contributed by atoms with van der Waals surface area (Å²) in [5, 5.41) is 6.22. The number of rotatable bonds is 3. The van der Waals surface area contributed by atoms with Crippen LogP contribution < -0.4 is 10.2 Å². The van der Waals surface area contributed by atoms with E-state index < -0.39 is 0 Å². The zero-order valence-corrected chi connectivity index (χ0v) is 14.7. The van der Waals surface area contributed by atoms with Crippen molar-refractivity contribution >= 4 is 28.1 Å². The van der Waals surface area contributed by atoms with Gasteiger partial charge in [0.1, 0.15) is 0 Å². The summed E-state index contributed by atoms with van der Waals surface area (Å²) in [4.78, 5) is 19.2. The average Bonchev–Trinajstić information content (AvgIpc) is 3.05. The Morgan fingerprint density at radius 1 is 1.22 bits per heavy atom. The number of carbonyl (C=O) groups is 1. The zero-order valence-electron chi connectivity index (χ0n) is 13.9. The van der Waals surface area contributed by atoms with Crippen molar-refractivity contribution in [3.63, 3.8) is 0 Å². The molecule has 0 atom stereocenters. The van der Waals surface area contributed by atoms with Gasteiger partial charge in [0.15, 0.2) is 5.13 Å². The van der Waals surface area contributed by atoms with Crippen LogP contribution in [0.25, 0.3) is 0 Å². The van der Waals surface area contributed by atoms with Gasteiger partial charge in [-0.2, -0.15) is 0 Å². The van der Waals surface area contributed by atoms with Crippen LogP contribution in [0.15, 0.2) is 23.7 Å². The van der Waals surface area contributed by atoms with Gasteiger partial charge in [-0.1, -0.05) is 17.7 Å². The molecular formula is C18H23N3OS. The third kappa shape index (κ3) is 3.55. The molecule has 1 aliphatic rings. The second kappa shape index (κ2) is 6.71. The zero-order chi connectivity index (χ0) is 16.4. The predicted molar refractivity (Wildman–Crippen MR) is 96.3 cm³/mol. The molecule has 0 spiro atoms. The van der Waals surface area contributed by atoms with Crippen molar-refractivity contribution in [2.24, 2.45) is 5.92 Å². The van der Waals surface area contributed by atoms with Crippen LogP contribution in [0.1, 0.15) is 29.5 Å². The number of hydrogen-bond donors (Lipinski definition) is 1. The van der Waals surface area contributed by atoms with Crippen LogP contribution in [0.3, 0.4) is 0 Å². The number of aromatic nitrogens is 1. The van der Waals surface area contributed by atoms with E-state index in [1.54, 1.807) is 11.3 Å². The topological polar surface area (TPSA) is 45.2 Å². The molecule has 2 heterocycles. The minimum atomic E-state index is 0.0892. The maximum atomic E-state index is 12.6. The van der Waals surface area contributed by atoms with Crippen LogP contribution in [0.5, 0.6) is 0 Å². The average molecular weight is 329 g/mol. The number of carbonyl (C=O) groups excluding carboxylic acids is 1. The first-order valence-electron chi connectivity index (χ1n) is 8.08. The number of anilines is 2. The van der Waals surface area contributed by atoms with E-state index in [0.29, 0.717) is 0 Å². The standard InChI is InChI=1S/C18H23N3OS/c1-12-10-13(2)16(14(3)11-12)20-17(22)15-4-7-21(8-5-15)18-19-6-9-23-18/h6,9-11,15H,4-5,7-8H2,1-3H3,(H,20,22). The highest BCUT2D eigenvalue weighted by Crippen LogP contribution is 2.27. The number of benzene rings is 1. The summed E-state index contributed by atoms with van der Waals surface area (Å²) >= 11 is 1.66. The summed E-state index contributed by atoms with van der Waals surface area (Å²) in [6, 6.07) is 4.24. The number of hydrogen-bond acceptors (Lipinski definition) is 4. The Hall–Kier alpha value is -1.88. The lowest BCUT2D eigenvalue weighted by Gasteiger charge is -2.31. The first-order chi connectivity index (χ1) is 11.0. The Balaban J connectivity index is 1.62. The summed E-state index contributed by atoms with van der Waals surface area (Å²) in [6.45, 7) is 8.00. The lowest BCUT2D eigenvalue weighted by molar-refractivity contribution is -0.120. The van der Waals surface area contributed by atoms with Crippen LogP contribution in [0.4, 0.5) is 10.8 Å². The molecular weight excluding hydrogens is 306 g/mol. The number of thiazole rings is 1. The molecule has 0 saturated carbocycles. The third-order valence-electron chi connectivity index (χ3n) is 4.48. The maximum absolute atomic E-state index is 12.6. The molecule has 0 radical (unpaired) electrons. The summed E-state index contributed by atoms with van der Waals surface area (Å²) in [5.74, 6) is 0.241. The molecule has 23 heavy (non-hydrogen) atoms. The minimum absolute atomic E-state index is 0.0892. The predicted octanol–water partition coefficient (Wildman–Crippen LogP) is 3.92. The monoisotopic (exact) mass is 329 g/mol. The SMILES string of the molecule is Cc1cc(C)c(NC(=O)C2CCN(c3nccs3)CC2)c(C)c1. The molecule has 1 amide bonds. The highest BCUT2D eigenvalue weighted by molar-refractivity contribution is 7.13. The van der Waals surface area contributed by atoms with Crippen molar-refractivity contribution < 1.29 is 4.79 Å². The Morgan fingerprint density at radius 2 is 1.87 bits per heavy atom. The van der Waals surface area contributed by atoms with Crippen LogP contribution in [-0.4, -0.2) is 24.0 Å². The fraction of sp³-hybridized carbons (Fsp3) is 0.444.